The lowest BCUT2D eigenvalue weighted by atomic mass is 9.99. The Morgan fingerprint density at radius 2 is 2.29 bits per heavy atom. The summed E-state index contributed by atoms with van der Waals surface area (Å²) in [5.41, 5.74) is 4.17. The minimum atomic E-state index is 0.182. The van der Waals surface area contributed by atoms with Crippen LogP contribution < -0.4 is 11.3 Å². The van der Waals surface area contributed by atoms with Crippen molar-refractivity contribution in [3.63, 3.8) is 0 Å². The first-order valence-electron chi connectivity index (χ1n) is 5.98. The summed E-state index contributed by atoms with van der Waals surface area (Å²) in [5, 5.41) is 0. The van der Waals surface area contributed by atoms with Gasteiger partial charge >= 0.3 is 0 Å². The molecule has 4 heteroatoms. The molecule has 1 fully saturated rings. The second-order valence-corrected chi connectivity index (χ2v) is 5.56. The van der Waals surface area contributed by atoms with Crippen LogP contribution in [0.25, 0.3) is 0 Å². The van der Waals surface area contributed by atoms with Crippen LogP contribution in [0, 0.1) is 5.92 Å². The molecule has 1 aromatic rings. The van der Waals surface area contributed by atoms with E-state index in [0.29, 0.717) is 5.92 Å². The normalized spacial score (nSPS) is 19.0. The third-order valence-corrected chi connectivity index (χ3v) is 3.81. The average Bonchev–Trinajstić information content (AvgIpc) is 3.13. The Balaban J connectivity index is 2.03. The highest BCUT2D eigenvalue weighted by atomic mass is 79.9. The third-order valence-electron chi connectivity index (χ3n) is 3.31. The lowest BCUT2D eigenvalue weighted by Gasteiger charge is -2.25. The molecule has 1 aromatic carbocycles. The molecule has 94 valence electrons. The molecular weight excluding hydrogens is 280 g/mol. The van der Waals surface area contributed by atoms with E-state index in [9.17, 15) is 0 Å². The van der Waals surface area contributed by atoms with Crippen LogP contribution in [0.15, 0.2) is 28.7 Å². The summed E-state index contributed by atoms with van der Waals surface area (Å²) in [4.78, 5) is 0. The number of halogens is 1. The molecule has 0 bridgehead atoms. The molecule has 2 rings (SSSR count). The predicted molar refractivity (Wildman–Crippen MR) is 72.5 cm³/mol. The molecule has 0 spiro atoms. The number of ether oxygens (including phenoxy) is 1. The monoisotopic (exact) mass is 298 g/mol. The van der Waals surface area contributed by atoms with Crippen LogP contribution in [0.5, 0.6) is 0 Å². The summed E-state index contributed by atoms with van der Waals surface area (Å²) in [6.45, 7) is 0. The smallest absolute Gasteiger partial charge is 0.0769 e. The van der Waals surface area contributed by atoms with Crippen molar-refractivity contribution in [1.29, 1.82) is 0 Å². The van der Waals surface area contributed by atoms with Crippen molar-refractivity contribution in [2.45, 2.75) is 31.4 Å². The van der Waals surface area contributed by atoms with Gasteiger partial charge in [0.25, 0.3) is 0 Å². The molecular formula is C13H19BrN2O. The molecule has 2 unspecified atom stereocenters. The van der Waals surface area contributed by atoms with E-state index in [0.717, 1.165) is 10.9 Å². The van der Waals surface area contributed by atoms with E-state index in [1.807, 2.05) is 12.1 Å². The number of nitrogens with one attached hydrogen (secondary N) is 1. The van der Waals surface area contributed by atoms with Gasteiger partial charge in [-0.1, -0.05) is 28.1 Å². The summed E-state index contributed by atoms with van der Waals surface area (Å²) in [6.07, 6.45) is 3.63. The minimum Gasteiger partial charge on any atom is -0.379 e. The fourth-order valence-corrected chi connectivity index (χ4v) is 2.74. The summed E-state index contributed by atoms with van der Waals surface area (Å²) < 4.78 is 6.68. The summed E-state index contributed by atoms with van der Waals surface area (Å²) in [6, 6.07) is 8.51. The Labute approximate surface area is 111 Å². The van der Waals surface area contributed by atoms with Crippen molar-refractivity contribution in [2.75, 3.05) is 7.11 Å². The van der Waals surface area contributed by atoms with Crippen molar-refractivity contribution in [1.82, 2.24) is 5.43 Å². The molecule has 3 nitrogen and oxygen atoms in total. The van der Waals surface area contributed by atoms with Crippen molar-refractivity contribution < 1.29 is 4.74 Å². The second kappa shape index (κ2) is 5.96. The summed E-state index contributed by atoms with van der Waals surface area (Å²) in [5.74, 6) is 6.33. The van der Waals surface area contributed by atoms with Gasteiger partial charge < -0.3 is 4.74 Å². The molecule has 0 aliphatic heterocycles. The molecule has 0 amide bonds. The third kappa shape index (κ3) is 3.52. The van der Waals surface area contributed by atoms with E-state index < -0.39 is 0 Å². The van der Waals surface area contributed by atoms with Crippen LogP contribution in [0.1, 0.15) is 18.4 Å². The molecule has 1 saturated carbocycles. The van der Waals surface area contributed by atoms with Gasteiger partial charge in [-0.25, -0.2) is 0 Å². The topological polar surface area (TPSA) is 47.3 Å². The van der Waals surface area contributed by atoms with Gasteiger partial charge in [0.05, 0.1) is 12.1 Å². The van der Waals surface area contributed by atoms with Gasteiger partial charge in [0.2, 0.25) is 0 Å². The zero-order valence-corrected chi connectivity index (χ0v) is 11.6. The zero-order chi connectivity index (χ0) is 12.3. The number of rotatable bonds is 6. The van der Waals surface area contributed by atoms with Gasteiger partial charge in [0.1, 0.15) is 0 Å². The van der Waals surface area contributed by atoms with E-state index >= 15 is 0 Å². The van der Waals surface area contributed by atoms with Crippen molar-refractivity contribution in [3.05, 3.63) is 34.3 Å². The molecule has 0 radical (unpaired) electrons. The highest BCUT2D eigenvalue weighted by molar-refractivity contribution is 9.10. The average molecular weight is 299 g/mol. The predicted octanol–water partition coefficient (Wildman–Crippen LogP) is 2.25. The minimum absolute atomic E-state index is 0.182. The zero-order valence-electron chi connectivity index (χ0n) is 10.0. The SMILES string of the molecule is COC(C1CC1)C(Cc1cccc(Br)c1)NN. The van der Waals surface area contributed by atoms with Gasteiger partial charge in [-0.2, -0.15) is 0 Å². The molecule has 3 N–H and O–H groups in total. The number of hydrogen-bond donors (Lipinski definition) is 2. The highest BCUT2D eigenvalue weighted by Crippen LogP contribution is 2.36. The quantitative estimate of drug-likeness (QED) is 0.625. The van der Waals surface area contributed by atoms with E-state index in [2.05, 4.69) is 33.5 Å². The number of methoxy groups -OCH3 is 1. The Kier molecular flexibility index (Phi) is 4.56. The molecule has 2 atom stereocenters. The number of hydrogen-bond acceptors (Lipinski definition) is 3. The molecule has 1 aliphatic rings. The molecule has 0 aromatic heterocycles. The molecule has 17 heavy (non-hydrogen) atoms. The maximum atomic E-state index is 5.66. The van der Waals surface area contributed by atoms with Gasteiger partial charge in [0.15, 0.2) is 0 Å². The van der Waals surface area contributed by atoms with Crippen molar-refractivity contribution >= 4 is 15.9 Å². The van der Waals surface area contributed by atoms with Gasteiger partial charge in [-0.15, -0.1) is 0 Å². The largest absolute Gasteiger partial charge is 0.379 e. The van der Waals surface area contributed by atoms with E-state index in [1.54, 1.807) is 7.11 Å². The van der Waals surface area contributed by atoms with Crippen molar-refractivity contribution in [3.8, 4) is 0 Å². The fourth-order valence-electron chi connectivity index (χ4n) is 2.30. The van der Waals surface area contributed by atoms with Crippen LogP contribution in [-0.2, 0) is 11.2 Å². The number of hydrazine groups is 1. The maximum Gasteiger partial charge on any atom is 0.0769 e. The second-order valence-electron chi connectivity index (χ2n) is 4.64. The Morgan fingerprint density at radius 3 is 2.82 bits per heavy atom. The van der Waals surface area contributed by atoms with E-state index in [4.69, 9.17) is 10.6 Å². The number of benzene rings is 1. The lowest BCUT2D eigenvalue weighted by Crippen LogP contribution is -2.47. The van der Waals surface area contributed by atoms with Gasteiger partial charge in [-0.05, 0) is 42.9 Å². The van der Waals surface area contributed by atoms with Crippen molar-refractivity contribution in [2.24, 2.45) is 11.8 Å². The maximum absolute atomic E-state index is 5.66. The fraction of sp³-hybridized carbons (Fsp3) is 0.538. The standard InChI is InChI=1S/C13H19BrN2O/c1-17-13(10-5-6-10)12(16-15)8-9-3-2-4-11(14)7-9/h2-4,7,10,12-13,16H,5-6,8,15H2,1H3. The van der Waals surface area contributed by atoms with E-state index in [1.165, 1.54) is 18.4 Å². The Bertz CT molecular complexity index is 368. The van der Waals surface area contributed by atoms with Crippen LogP contribution in [-0.4, -0.2) is 19.3 Å². The van der Waals surface area contributed by atoms with Crippen LogP contribution in [0.4, 0.5) is 0 Å². The molecule has 0 saturated heterocycles. The molecule has 0 heterocycles. The molecule has 1 aliphatic carbocycles. The van der Waals surface area contributed by atoms with Crippen LogP contribution >= 0.6 is 15.9 Å². The van der Waals surface area contributed by atoms with Crippen LogP contribution in [0.2, 0.25) is 0 Å². The Hall–Kier alpha value is -0.420. The highest BCUT2D eigenvalue weighted by Gasteiger charge is 2.36. The van der Waals surface area contributed by atoms with Crippen LogP contribution in [0.3, 0.4) is 0 Å². The summed E-state index contributed by atoms with van der Waals surface area (Å²) >= 11 is 3.49. The lowest BCUT2D eigenvalue weighted by molar-refractivity contribution is 0.0511. The first-order chi connectivity index (χ1) is 8.24. The number of nitrogens with two attached hydrogens (primary N) is 1. The summed E-state index contributed by atoms with van der Waals surface area (Å²) in [7, 11) is 1.77. The first-order valence-corrected chi connectivity index (χ1v) is 6.77. The first kappa shape index (κ1) is 13.0. The van der Waals surface area contributed by atoms with Gasteiger partial charge in [0, 0.05) is 11.6 Å². The van der Waals surface area contributed by atoms with E-state index in [-0.39, 0.29) is 12.1 Å². The Morgan fingerprint density at radius 1 is 1.53 bits per heavy atom. The van der Waals surface area contributed by atoms with Gasteiger partial charge in [-0.3, -0.25) is 11.3 Å².